The highest BCUT2D eigenvalue weighted by Crippen LogP contribution is 2.01. The molecule has 0 aromatic carbocycles. The van der Waals surface area contributed by atoms with Gasteiger partial charge in [0.15, 0.2) is 0 Å². The third kappa shape index (κ3) is 5.96. The first kappa shape index (κ1) is 7.96. The van der Waals surface area contributed by atoms with E-state index in [1.807, 2.05) is 6.92 Å². The maximum absolute atomic E-state index is 8.78. The number of rotatable bonds is 4. The summed E-state index contributed by atoms with van der Waals surface area (Å²) in [4.78, 5) is 0. The minimum Gasteiger partial charge on any atom is -0.393 e. The van der Waals surface area contributed by atoms with Crippen LogP contribution in [0, 0.1) is 0 Å². The van der Waals surface area contributed by atoms with Crippen LogP contribution in [0.25, 0.3) is 0 Å². The normalized spacial score (nSPS) is 13.9. The molecule has 0 radical (unpaired) electrons. The van der Waals surface area contributed by atoms with E-state index in [0.717, 1.165) is 6.42 Å². The third-order valence-electron chi connectivity index (χ3n) is 1.23. The molecular formula is C7H16O. The number of unbranched alkanes of at least 4 members (excludes halogenated alkanes) is 2. The second kappa shape index (κ2) is 5.10. The summed E-state index contributed by atoms with van der Waals surface area (Å²) in [5, 5.41) is 8.78. The largest absolute Gasteiger partial charge is 0.393 e. The zero-order chi connectivity index (χ0) is 6.41. The van der Waals surface area contributed by atoms with E-state index in [0.29, 0.717) is 0 Å². The zero-order valence-electron chi connectivity index (χ0n) is 5.85. The van der Waals surface area contributed by atoms with Gasteiger partial charge in [-0.05, 0) is 13.3 Å². The Morgan fingerprint density at radius 1 is 1.38 bits per heavy atom. The highest BCUT2D eigenvalue weighted by Gasteiger charge is 1.92. The first-order valence-electron chi connectivity index (χ1n) is 3.45. The van der Waals surface area contributed by atoms with E-state index in [4.69, 9.17) is 5.11 Å². The minimum absolute atomic E-state index is 0.0958. The molecule has 0 rings (SSSR count). The predicted molar refractivity (Wildman–Crippen MR) is 35.8 cm³/mol. The fourth-order valence-corrected chi connectivity index (χ4v) is 0.690. The van der Waals surface area contributed by atoms with Crippen LogP contribution in [-0.2, 0) is 0 Å². The lowest BCUT2D eigenvalue weighted by molar-refractivity contribution is 0.180. The summed E-state index contributed by atoms with van der Waals surface area (Å²) in [5.74, 6) is 0. The molecule has 0 amide bonds. The van der Waals surface area contributed by atoms with E-state index in [1.165, 1.54) is 19.3 Å². The Hall–Kier alpha value is -0.0400. The van der Waals surface area contributed by atoms with Crippen molar-refractivity contribution in [3.8, 4) is 0 Å². The molecule has 1 heteroatoms. The standard InChI is InChI=1S/C7H16O/c1-3-4-5-6-7(2)8/h7-8H,3-6H2,1-2H3/t7-/m1/s1. The number of aliphatic hydroxyl groups is 1. The fourth-order valence-electron chi connectivity index (χ4n) is 0.690. The summed E-state index contributed by atoms with van der Waals surface area (Å²) in [6.07, 6.45) is 4.54. The average molecular weight is 116 g/mol. The van der Waals surface area contributed by atoms with Gasteiger partial charge in [-0.25, -0.2) is 0 Å². The molecule has 0 aliphatic heterocycles. The van der Waals surface area contributed by atoms with Crippen molar-refractivity contribution in [2.45, 2.75) is 45.6 Å². The van der Waals surface area contributed by atoms with Gasteiger partial charge in [-0.2, -0.15) is 0 Å². The molecule has 0 unspecified atom stereocenters. The van der Waals surface area contributed by atoms with Crippen LogP contribution in [-0.4, -0.2) is 11.2 Å². The monoisotopic (exact) mass is 116 g/mol. The fraction of sp³-hybridized carbons (Fsp3) is 1.00. The molecule has 1 N–H and O–H groups in total. The molecule has 0 heterocycles. The average Bonchev–Trinajstić information content (AvgIpc) is 1.66. The molecule has 1 atom stereocenters. The van der Waals surface area contributed by atoms with E-state index in [9.17, 15) is 0 Å². The Balaban J connectivity index is 2.72. The van der Waals surface area contributed by atoms with E-state index >= 15 is 0 Å². The second-order valence-electron chi connectivity index (χ2n) is 2.34. The smallest absolute Gasteiger partial charge is 0.0512 e. The van der Waals surface area contributed by atoms with Crippen LogP contribution in [0.15, 0.2) is 0 Å². The summed E-state index contributed by atoms with van der Waals surface area (Å²) in [6.45, 7) is 4.01. The summed E-state index contributed by atoms with van der Waals surface area (Å²) in [7, 11) is 0. The molecule has 0 fully saturated rings. The number of hydrogen-bond acceptors (Lipinski definition) is 1. The lowest BCUT2D eigenvalue weighted by Crippen LogP contribution is -1.97. The van der Waals surface area contributed by atoms with Crippen molar-refractivity contribution in [1.29, 1.82) is 0 Å². The first-order chi connectivity index (χ1) is 3.77. The molecule has 0 aliphatic carbocycles. The Morgan fingerprint density at radius 2 is 2.00 bits per heavy atom. The molecule has 8 heavy (non-hydrogen) atoms. The topological polar surface area (TPSA) is 20.2 Å². The lowest BCUT2D eigenvalue weighted by Gasteiger charge is -2.00. The van der Waals surface area contributed by atoms with Crippen LogP contribution in [0.4, 0.5) is 0 Å². The van der Waals surface area contributed by atoms with Crippen molar-refractivity contribution in [3.05, 3.63) is 0 Å². The maximum atomic E-state index is 8.78. The van der Waals surface area contributed by atoms with Gasteiger partial charge in [0, 0.05) is 0 Å². The van der Waals surface area contributed by atoms with Crippen molar-refractivity contribution in [2.24, 2.45) is 0 Å². The molecule has 50 valence electrons. The van der Waals surface area contributed by atoms with Crippen molar-refractivity contribution in [1.82, 2.24) is 0 Å². The number of hydrogen-bond donors (Lipinski definition) is 1. The molecule has 0 saturated heterocycles. The lowest BCUT2D eigenvalue weighted by atomic mass is 10.1. The molecule has 0 saturated carbocycles. The molecule has 1 nitrogen and oxygen atoms in total. The molecule has 0 aromatic heterocycles. The van der Waals surface area contributed by atoms with Crippen LogP contribution in [0.5, 0.6) is 0 Å². The van der Waals surface area contributed by atoms with Crippen molar-refractivity contribution >= 4 is 0 Å². The van der Waals surface area contributed by atoms with Crippen LogP contribution in [0.3, 0.4) is 0 Å². The Kier molecular flexibility index (Phi) is 5.08. The Bertz CT molecular complexity index is 41.7. The van der Waals surface area contributed by atoms with Gasteiger partial charge in [0.1, 0.15) is 0 Å². The summed E-state index contributed by atoms with van der Waals surface area (Å²) < 4.78 is 0. The van der Waals surface area contributed by atoms with E-state index in [2.05, 4.69) is 6.92 Å². The minimum atomic E-state index is -0.0958. The SMILES string of the molecule is CCCCC[C@@H](C)O. The van der Waals surface area contributed by atoms with Gasteiger partial charge in [-0.15, -0.1) is 0 Å². The van der Waals surface area contributed by atoms with Gasteiger partial charge in [0.05, 0.1) is 6.10 Å². The second-order valence-corrected chi connectivity index (χ2v) is 2.34. The van der Waals surface area contributed by atoms with Crippen molar-refractivity contribution in [3.63, 3.8) is 0 Å². The van der Waals surface area contributed by atoms with Crippen LogP contribution in [0.2, 0.25) is 0 Å². The van der Waals surface area contributed by atoms with Gasteiger partial charge in [0.2, 0.25) is 0 Å². The quantitative estimate of drug-likeness (QED) is 0.556. The molecule has 0 bridgehead atoms. The van der Waals surface area contributed by atoms with Crippen molar-refractivity contribution in [2.75, 3.05) is 0 Å². The predicted octanol–water partition coefficient (Wildman–Crippen LogP) is 1.95. The van der Waals surface area contributed by atoms with Crippen LogP contribution < -0.4 is 0 Å². The summed E-state index contributed by atoms with van der Waals surface area (Å²) >= 11 is 0. The Labute approximate surface area is 51.7 Å². The van der Waals surface area contributed by atoms with Crippen LogP contribution >= 0.6 is 0 Å². The van der Waals surface area contributed by atoms with E-state index in [1.54, 1.807) is 0 Å². The van der Waals surface area contributed by atoms with Gasteiger partial charge in [0.25, 0.3) is 0 Å². The van der Waals surface area contributed by atoms with Gasteiger partial charge >= 0.3 is 0 Å². The molecule has 0 spiro atoms. The van der Waals surface area contributed by atoms with Gasteiger partial charge in [-0.3, -0.25) is 0 Å². The highest BCUT2D eigenvalue weighted by atomic mass is 16.3. The first-order valence-corrected chi connectivity index (χ1v) is 3.45. The maximum Gasteiger partial charge on any atom is 0.0512 e. The Morgan fingerprint density at radius 3 is 2.38 bits per heavy atom. The van der Waals surface area contributed by atoms with Crippen molar-refractivity contribution < 1.29 is 5.11 Å². The van der Waals surface area contributed by atoms with Gasteiger partial charge in [-0.1, -0.05) is 26.2 Å². The zero-order valence-corrected chi connectivity index (χ0v) is 5.85. The molecular weight excluding hydrogens is 100 g/mol. The van der Waals surface area contributed by atoms with E-state index < -0.39 is 0 Å². The summed E-state index contributed by atoms with van der Waals surface area (Å²) in [6, 6.07) is 0. The summed E-state index contributed by atoms with van der Waals surface area (Å²) in [5.41, 5.74) is 0. The number of aliphatic hydroxyl groups excluding tert-OH is 1. The molecule has 0 aliphatic rings. The van der Waals surface area contributed by atoms with E-state index in [-0.39, 0.29) is 6.10 Å². The molecule has 0 aromatic rings. The third-order valence-corrected chi connectivity index (χ3v) is 1.23. The van der Waals surface area contributed by atoms with Gasteiger partial charge < -0.3 is 5.11 Å². The highest BCUT2D eigenvalue weighted by molar-refractivity contribution is 4.45. The van der Waals surface area contributed by atoms with Crippen LogP contribution in [0.1, 0.15) is 39.5 Å².